The van der Waals surface area contributed by atoms with Gasteiger partial charge in [0.25, 0.3) is 0 Å². The highest BCUT2D eigenvalue weighted by molar-refractivity contribution is 5.85. The van der Waals surface area contributed by atoms with Crippen molar-refractivity contribution in [3.8, 4) is 0 Å². The second kappa shape index (κ2) is 7.46. The number of piperidine rings is 1. The molecule has 0 spiro atoms. The van der Waals surface area contributed by atoms with E-state index < -0.39 is 0 Å². The predicted molar refractivity (Wildman–Crippen MR) is 64.6 cm³/mol. The Bertz CT molecular complexity index is 248. The molecule has 6 heteroatoms. The lowest BCUT2D eigenvalue weighted by Crippen LogP contribution is -2.50. The zero-order valence-corrected chi connectivity index (χ0v) is 10.6. The van der Waals surface area contributed by atoms with Gasteiger partial charge in [-0.3, -0.25) is 9.59 Å². The summed E-state index contributed by atoms with van der Waals surface area (Å²) >= 11 is 0. The minimum absolute atomic E-state index is 0. The van der Waals surface area contributed by atoms with E-state index in [1.165, 1.54) is 6.92 Å². The maximum Gasteiger partial charge on any atom is 0.236 e. The fourth-order valence-corrected chi connectivity index (χ4v) is 1.87. The summed E-state index contributed by atoms with van der Waals surface area (Å²) in [4.78, 5) is 24.3. The number of nitrogens with one attached hydrogen (secondary N) is 2. The Morgan fingerprint density at radius 1 is 1.44 bits per heavy atom. The minimum atomic E-state index is -0.0251. The zero-order chi connectivity index (χ0) is 11.3. The van der Waals surface area contributed by atoms with Gasteiger partial charge in [0, 0.05) is 26.1 Å². The normalized spacial score (nSPS) is 19.9. The predicted octanol–water partition coefficient (Wildman–Crippen LogP) is -0.245. The highest BCUT2D eigenvalue weighted by Crippen LogP contribution is 2.09. The molecule has 94 valence electrons. The number of likely N-dealkylation sites (tertiary alicyclic amines) is 1. The van der Waals surface area contributed by atoms with Gasteiger partial charge in [0.2, 0.25) is 11.8 Å². The summed E-state index contributed by atoms with van der Waals surface area (Å²) in [5.74, 6) is 0.0791. The highest BCUT2D eigenvalue weighted by atomic mass is 35.5. The Kier molecular flexibility index (Phi) is 7.08. The molecule has 0 aliphatic carbocycles. The second-order valence-corrected chi connectivity index (χ2v) is 3.91. The van der Waals surface area contributed by atoms with Crippen molar-refractivity contribution in [2.75, 3.05) is 26.7 Å². The van der Waals surface area contributed by atoms with Crippen LogP contribution in [0.5, 0.6) is 0 Å². The molecule has 1 rings (SSSR count). The van der Waals surface area contributed by atoms with E-state index in [0.717, 1.165) is 19.4 Å². The molecule has 1 aliphatic rings. The van der Waals surface area contributed by atoms with E-state index in [1.54, 1.807) is 11.9 Å². The van der Waals surface area contributed by atoms with Gasteiger partial charge in [0.05, 0.1) is 6.54 Å². The number of hydrogen-bond donors (Lipinski definition) is 2. The second-order valence-electron chi connectivity index (χ2n) is 3.91. The maximum atomic E-state index is 11.6. The van der Waals surface area contributed by atoms with E-state index in [9.17, 15) is 9.59 Å². The van der Waals surface area contributed by atoms with Crippen LogP contribution < -0.4 is 10.6 Å². The molecule has 1 aliphatic heterocycles. The van der Waals surface area contributed by atoms with Crippen LogP contribution in [-0.2, 0) is 9.59 Å². The SMILES string of the molecule is CNCC(=O)N1CCCC(NC(C)=O)C1.Cl. The number of amides is 2. The first-order chi connectivity index (χ1) is 7.13. The smallest absolute Gasteiger partial charge is 0.236 e. The molecule has 0 radical (unpaired) electrons. The number of hydrogen-bond acceptors (Lipinski definition) is 3. The Morgan fingerprint density at radius 3 is 2.69 bits per heavy atom. The summed E-state index contributed by atoms with van der Waals surface area (Å²) in [5, 5.41) is 5.70. The van der Waals surface area contributed by atoms with Crippen molar-refractivity contribution in [3.05, 3.63) is 0 Å². The molecule has 2 amide bonds. The lowest BCUT2D eigenvalue weighted by molar-refractivity contribution is -0.132. The van der Waals surface area contributed by atoms with Crippen molar-refractivity contribution < 1.29 is 9.59 Å². The molecule has 0 saturated carbocycles. The van der Waals surface area contributed by atoms with E-state index in [0.29, 0.717) is 13.1 Å². The quantitative estimate of drug-likeness (QED) is 0.726. The molecule has 1 heterocycles. The number of likely N-dealkylation sites (N-methyl/N-ethyl adjacent to an activating group) is 1. The molecule has 2 N–H and O–H groups in total. The summed E-state index contributed by atoms with van der Waals surface area (Å²) < 4.78 is 0. The molecule has 1 saturated heterocycles. The van der Waals surface area contributed by atoms with Crippen molar-refractivity contribution in [2.24, 2.45) is 0 Å². The molecule has 0 bridgehead atoms. The van der Waals surface area contributed by atoms with Crippen molar-refractivity contribution in [1.82, 2.24) is 15.5 Å². The monoisotopic (exact) mass is 249 g/mol. The van der Waals surface area contributed by atoms with Gasteiger partial charge in [-0.05, 0) is 19.9 Å². The topological polar surface area (TPSA) is 61.4 Å². The summed E-state index contributed by atoms with van der Waals surface area (Å²) in [6.45, 7) is 3.32. The Hall–Kier alpha value is -0.810. The molecular weight excluding hydrogens is 230 g/mol. The van der Waals surface area contributed by atoms with Crippen molar-refractivity contribution in [1.29, 1.82) is 0 Å². The van der Waals surface area contributed by atoms with Crippen LogP contribution in [-0.4, -0.2) is 49.4 Å². The average Bonchev–Trinajstić information content (AvgIpc) is 2.17. The fraction of sp³-hybridized carbons (Fsp3) is 0.800. The molecule has 0 aromatic heterocycles. The number of carbonyl (C=O) groups excluding carboxylic acids is 2. The number of carbonyl (C=O) groups is 2. The fourth-order valence-electron chi connectivity index (χ4n) is 1.87. The van der Waals surface area contributed by atoms with Crippen LogP contribution in [0.3, 0.4) is 0 Å². The third-order valence-corrected chi connectivity index (χ3v) is 2.51. The van der Waals surface area contributed by atoms with Crippen LogP contribution in [0.1, 0.15) is 19.8 Å². The van der Waals surface area contributed by atoms with E-state index >= 15 is 0 Å². The molecule has 0 aromatic carbocycles. The van der Waals surface area contributed by atoms with Crippen LogP contribution in [0, 0.1) is 0 Å². The third kappa shape index (κ3) is 4.81. The van der Waals surface area contributed by atoms with Crippen LogP contribution in [0.2, 0.25) is 0 Å². The van der Waals surface area contributed by atoms with Crippen molar-refractivity contribution in [2.45, 2.75) is 25.8 Å². The summed E-state index contributed by atoms with van der Waals surface area (Å²) in [5.41, 5.74) is 0. The molecule has 1 fully saturated rings. The van der Waals surface area contributed by atoms with Crippen molar-refractivity contribution in [3.63, 3.8) is 0 Å². The lowest BCUT2D eigenvalue weighted by atomic mass is 10.1. The largest absolute Gasteiger partial charge is 0.352 e. The summed E-state index contributed by atoms with van der Waals surface area (Å²) in [6.07, 6.45) is 1.92. The molecular formula is C10H20ClN3O2. The van der Waals surface area contributed by atoms with E-state index in [-0.39, 0.29) is 30.3 Å². The van der Waals surface area contributed by atoms with Gasteiger partial charge >= 0.3 is 0 Å². The first-order valence-electron chi connectivity index (χ1n) is 5.33. The minimum Gasteiger partial charge on any atom is -0.352 e. The van der Waals surface area contributed by atoms with Crippen LogP contribution in [0.4, 0.5) is 0 Å². The molecule has 16 heavy (non-hydrogen) atoms. The first kappa shape index (κ1) is 15.2. The van der Waals surface area contributed by atoms with E-state index in [1.807, 2.05) is 0 Å². The van der Waals surface area contributed by atoms with E-state index in [4.69, 9.17) is 0 Å². The summed E-state index contributed by atoms with van der Waals surface area (Å²) in [6, 6.07) is 0.122. The number of rotatable bonds is 3. The highest BCUT2D eigenvalue weighted by Gasteiger charge is 2.23. The summed E-state index contributed by atoms with van der Waals surface area (Å²) in [7, 11) is 1.76. The average molecular weight is 250 g/mol. The Morgan fingerprint density at radius 2 is 2.12 bits per heavy atom. The van der Waals surface area contributed by atoms with Gasteiger partial charge in [-0.25, -0.2) is 0 Å². The molecule has 1 atom stereocenters. The third-order valence-electron chi connectivity index (χ3n) is 2.51. The standard InChI is InChI=1S/C10H19N3O2.ClH/c1-8(14)12-9-4-3-5-13(7-9)10(15)6-11-2;/h9,11H,3-7H2,1-2H3,(H,12,14);1H. The van der Waals surface area contributed by atoms with Crippen LogP contribution in [0.15, 0.2) is 0 Å². The lowest BCUT2D eigenvalue weighted by Gasteiger charge is -2.33. The number of halogens is 1. The van der Waals surface area contributed by atoms with Gasteiger partial charge in [-0.1, -0.05) is 0 Å². The first-order valence-corrected chi connectivity index (χ1v) is 5.33. The van der Waals surface area contributed by atoms with E-state index in [2.05, 4.69) is 10.6 Å². The molecule has 0 aromatic rings. The van der Waals surface area contributed by atoms with Gasteiger partial charge in [-0.15, -0.1) is 12.4 Å². The zero-order valence-electron chi connectivity index (χ0n) is 9.78. The number of nitrogens with zero attached hydrogens (tertiary/aromatic N) is 1. The maximum absolute atomic E-state index is 11.6. The molecule has 5 nitrogen and oxygen atoms in total. The van der Waals surface area contributed by atoms with Crippen LogP contribution in [0.25, 0.3) is 0 Å². The Labute approximate surface area is 102 Å². The van der Waals surface area contributed by atoms with Crippen LogP contribution >= 0.6 is 12.4 Å². The van der Waals surface area contributed by atoms with Crippen molar-refractivity contribution >= 4 is 24.2 Å². The van der Waals surface area contributed by atoms with Gasteiger partial charge in [-0.2, -0.15) is 0 Å². The Balaban J connectivity index is 0.00000225. The molecule has 1 unspecified atom stereocenters. The van der Waals surface area contributed by atoms with Gasteiger partial charge in [0.15, 0.2) is 0 Å². The van der Waals surface area contributed by atoms with Gasteiger partial charge < -0.3 is 15.5 Å². The van der Waals surface area contributed by atoms with Gasteiger partial charge in [0.1, 0.15) is 0 Å².